The van der Waals surface area contributed by atoms with Crippen LogP contribution in [0.2, 0.25) is 18.1 Å². The van der Waals surface area contributed by atoms with Crippen LogP contribution in [0.3, 0.4) is 0 Å². The lowest BCUT2D eigenvalue weighted by Gasteiger charge is -2.36. The van der Waals surface area contributed by atoms with Gasteiger partial charge in [-0.2, -0.15) is 0 Å². The van der Waals surface area contributed by atoms with Crippen LogP contribution in [0.1, 0.15) is 20.8 Å². The molecule has 31 heavy (non-hydrogen) atoms. The van der Waals surface area contributed by atoms with Gasteiger partial charge in [-0.1, -0.05) is 26.8 Å². The first-order valence-electron chi connectivity index (χ1n) is 10.4. The molecular weight excluding hydrogens is 408 g/mol. The predicted octanol–water partition coefficient (Wildman–Crippen LogP) is 4.77. The Kier molecular flexibility index (Phi) is 6.50. The Labute approximate surface area is 185 Å². The number of piperazine rings is 1. The Morgan fingerprint density at radius 1 is 1.10 bits per heavy atom. The summed E-state index contributed by atoms with van der Waals surface area (Å²) < 4.78 is 6.24. The zero-order valence-corrected chi connectivity index (χ0v) is 19.8. The fourth-order valence-electron chi connectivity index (χ4n) is 2.92. The van der Waals surface area contributed by atoms with Gasteiger partial charge in [0.25, 0.3) is 8.32 Å². The van der Waals surface area contributed by atoms with Crippen LogP contribution in [0.5, 0.6) is 5.75 Å². The number of rotatable bonds is 4. The third-order valence-corrected chi connectivity index (χ3v) is 10.3. The number of amides is 2. The number of pyridine rings is 2. The van der Waals surface area contributed by atoms with Crippen molar-refractivity contribution in [3.63, 3.8) is 0 Å². The van der Waals surface area contributed by atoms with Gasteiger partial charge in [0.15, 0.2) is 0 Å². The maximum atomic E-state index is 12.6. The second-order valence-corrected chi connectivity index (χ2v) is 13.9. The van der Waals surface area contributed by atoms with Gasteiger partial charge >= 0.3 is 6.03 Å². The van der Waals surface area contributed by atoms with E-state index in [0.717, 1.165) is 11.6 Å². The molecule has 3 rings (SSSR count). The molecule has 0 atom stereocenters. The molecule has 0 aromatic carbocycles. The number of hydrogen-bond donors (Lipinski definition) is 1. The van der Waals surface area contributed by atoms with Crippen molar-refractivity contribution in [3.8, 4) is 5.75 Å². The van der Waals surface area contributed by atoms with E-state index < -0.39 is 8.32 Å². The molecule has 0 radical (unpaired) electrons. The molecule has 3 heterocycles. The molecule has 164 valence electrons. The highest BCUT2D eigenvalue weighted by Gasteiger charge is 2.39. The van der Waals surface area contributed by atoms with Gasteiger partial charge in [-0.05, 0) is 36.3 Å². The Balaban J connectivity index is 1.52. The number of nitrogens with zero attached hydrogens (tertiary/aromatic N) is 5. The zero-order valence-electron chi connectivity index (χ0n) is 18.8. The molecule has 9 heteroatoms. The van der Waals surface area contributed by atoms with Crippen molar-refractivity contribution in [1.29, 1.82) is 0 Å². The van der Waals surface area contributed by atoms with Crippen molar-refractivity contribution >= 4 is 31.7 Å². The SMILES string of the molecule is [C-]#[N+]c1ccc(N2CCN(C(=O)Nc3ccc(O[Si](C)(C)C(C)(C)C)cn3)CC2)nc1. The van der Waals surface area contributed by atoms with E-state index >= 15 is 0 Å². The maximum absolute atomic E-state index is 12.6. The third-order valence-electron chi connectivity index (χ3n) is 5.90. The van der Waals surface area contributed by atoms with Gasteiger partial charge in [0.1, 0.15) is 17.4 Å². The number of anilines is 2. The van der Waals surface area contributed by atoms with E-state index in [2.05, 4.69) is 58.9 Å². The summed E-state index contributed by atoms with van der Waals surface area (Å²) in [6, 6.07) is 7.08. The van der Waals surface area contributed by atoms with Crippen LogP contribution in [-0.2, 0) is 0 Å². The molecule has 1 fully saturated rings. The molecule has 1 N–H and O–H groups in total. The maximum Gasteiger partial charge on any atom is 0.323 e. The van der Waals surface area contributed by atoms with Crippen LogP contribution in [0.4, 0.5) is 22.1 Å². The molecule has 0 unspecified atom stereocenters. The van der Waals surface area contributed by atoms with E-state index in [4.69, 9.17) is 11.0 Å². The smallest absolute Gasteiger partial charge is 0.323 e. The second-order valence-electron chi connectivity index (χ2n) is 9.13. The van der Waals surface area contributed by atoms with Gasteiger partial charge < -0.3 is 14.2 Å². The number of carbonyl (C=O) groups is 1. The van der Waals surface area contributed by atoms with Crippen molar-refractivity contribution in [1.82, 2.24) is 14.9 Å². The highest BCUT2D eigenvalue weighted by atomic mass is 28.4. The zero-order chi connectivity index (χ0) is 22.6. The van der Waals surface area contributed by atoms with E-state index in [1.807, 2.05) is 12.1 Å². The normalized spacial score (nSPS) is 14.7. The molecule has 0 saturated carbocycles. The van der Waals surface area contributed by atoms with Crippen LogP contribution < -0.4 is 14.6 Å². The summed E-state index contributed by atoms with van der Waals surface area (Å²) in [5, 5.41) is 2.97. The Bertz CT molecular complexity index is 940. The first kappa shape index (κ1) is 22.6. The summed E-state index contributed by atoms with van der Waals surface area (Å²) in [6.45, 7) is 20.5. The van der Waals surface area contributed by atoms with Gasteiger partial charge in [0.05, 0.1) is 12.8 Å². The minimum Gasteiger partial charge on any atom is -0.542 e. The quantitative estimate of drug-likeness (QED) is 0.550. The topological polar surface area (TPSA) is 75.0 Å². The average molecular weight is 439 g/mol. The molecule has 0 spiro atoms. The summed E-state index contributed by atoms with van der Waals surface area (Å²) in [4.78, 5) is 28.6. The number of urea groups is 1. The Morgan fingerprint density at radius 3 is 2.32 bits per heavy atom. The van der Waals surface area contributed by atoms with Crippen LogP contribution in [0.25, 0.3) is 4.85 Å². The fraction of sp³-hybridized carbons (Fsp3) is 0.455. The molecule has 2 aromatic rings. The predicted molar refractivity (Wildman–Crippen MR) is 125 cm³/mol. The highest BCUT2D eigenvalue weighted by Crippen LogP contribution is 2.37. The van der Waals surface area contributed by atoms with Crippen LogP contribution in [-0.4, -0.2) is 55.4 Å². The number of aromatic nitrogens is 2. The lowest BCUT2D eigenvalue weighted by atomic mass is 10.2. The number of carbonyl (C=O) groups excluding carboxylic acids is 1. The van der Waals surface area contributed by atoms with Crippen LogP contribution in [0, 0.1) is 6.57 Å². The molecule has 1 aliphatic rings. The van der Waals surface area contributed by atoms with E-state index in [-0.39, 0.29) is 11.1 Å². The van der Waals surface area contributed by atoms with Gasteiger partial charge in [-0.25, -0.2) is 14.6 Å². The molecular formula is C22H30N6O2Si. The number of hydrogen-bond acceptors (Lipinski definition) is 5. The van der Waals surface area contributed by atoms with E-state index in [1.165, 1.54) is 0 Å². The summed E-state index contributed by atoms with van der Waals surface area (Å²) in [5.74, 6) is 2.06. The lowest BCUT2D eigenvalue weighted by molar-refractivity contribution is 0.208. The van der Waals surface area contributed by atoms with E-state index in [1.54, 1.807) is 29.4 Å². The monoisotopic (exact) mass is 438 g/mol. The van der Waals surface area contributed by atoms with Crippen molar-refractivity contribution in [2.45, 2.75) is 38.9 Å². The number of nitrogens with one attached hydrogen (secondary N) is 1. The minimum absolute atomic E-state index is 0.108. The summed E-state index contributed by atoms with van der Waals surface area (Å²) in [7, 11) is -1.92. The Morgan fingerprint density at radius 2 is 1.81 bits per heavy atom. The first-order valence-corrected chi connectivity index (χ1v) is 13.3. The van der Waals surface area contributed by atoms with Gasteiger partial charge in [-0.3, -0.25) is 10.3 Å². The van der Waals surface area contributed by atoms with Gasteiger partial charge in [-0.15, -0.1) is 0 Å². The minimum atomic E-state index is -1.92. The summed E-state index contributed by atoms with van der Waals surface area (Å²) >= 11 is 0. The van der Waals surface area contributed by atoms with Gasteiger partial charge in [0, 0.05) is 32.4 Å². The standard InChI is InChI=1S/C22H30N6O2Si/c1-22(2,3)31(5,6)30-18-8-9-19(24-16-18)26-21(29)28-13-11-27(12-14-28)20-10-7-17(23-4)15-25-20/h7-10,15-16H,11-14H2,1-3,5-6H3,(H,24,26,29). The van der Waals surface area contributed by atoms with Crippen molar-refractivity contribution in [2.24, 2.45) is 0 Å². The van der Waals surface area contributed by atoms with E-state index in [0.29, 0.717) is 37.7 Å². The third kappa shape index (κ3) is 5.52. The lowest BCUT2D eigenvalue weighted by Crippen LogP contribution is -2.50. The second kappa shape index (κ2) is 8.94. The molecule has 2 aromatic heterocycles. The van der Waals surface area contributed by atoms with Crippen LogP contribution >= 0.6 is 0 Å². The first-order chi connectivity index (χ1) is 14.6. The molecule has 1 saturated heterocycles. The molecule has 0 bridgehead atoms. The summed E-state index contributed by atoms with van der Waals surface area (Å²) in [5.41, 5.74) is 0.523. The Hall–Kier alpha value is -3.12. The fourth-order valence-corrected chi connectivity index (χ4v) is 3.94. The van der Waals surface area contributed by atoms with E-state index in [9.17, 15) is 4.79 Å². The summed E-state index contributed by atoms with van der Waals surface area (Å²) in [6.07, 6.45) is 3.25. The molecule has 1 aliphatic heterocycles. The molecule has 2 amide bonds. The van der Waals surface area contributed by atoms with Gasteiger partial charge in [0.2, 0.25) is 5.69 Å². The van der Waals surface area contributed by atoms with Crippen molar-refractivity contribution < 1.29 is 9.22 Å². The molecule has 8 nitrogen and oxygen atoms in total. The van der Waals surface area contributed by atoms with Crippen molar-refractivity contribution in [2.75, 3.05) is 36.4 Å². The van der Waals surface area contributed by atoms with Crippen molar-refractivity contribution in [3.05, 3.63) is 48.1 Å². The average Bonchev–Trinajstić information content (AvgIpc) is 2.74. The highest BCUT2D eigenvalue weighted by molar-refractivity contribution is 6.74. The largest absolute Gasteiger partial charge is 0.542 e. The van der Waals surface area contributed by atoms with Crippen LogP contribution in [0.15, 0.2) is 36.7 Å². The molecule has 0 aliphatic carbocycles.